The van der Waals surface area contributed by atoms with Gasteiger partial charge in [-0.3, -0.25) is 4.79 Å². The lowest BCUT2D eigenvalue weighted by Gasteiger charge is -2.23. The van der Waals surface area contributed by atoms with Crippen molar-refractivity contribution in [2.75, 3.05) is 38.2 Å². The number of nitrogens with zero attached hydrogens (tertiary/aromatic N) is 6. The Hall–Kier alpha value is -3.16. The topological polar surface area (TPSA) is 76.4 Å². The molecule has 1 saturated carbocycles. The van der Waals surface area contributed by atoms with E-state index in [9.17, 15) is 4.79 Å². The predicted octanol–water partition coefficient (Wildman–Crippen LogP) is 3.07. The van der Waals surface area contributed by atoms with E-state index in [2.05, 4.69) is 4.90 Å². The Labute approximate surface area is 181 Å². The molecule has 0 N–H and O–H groups in total. The number of anilines is 1. The minimum Gasteiger partial charge on any atom is -0.497 e. The van der Waals surface area contributed by atoms with Gasteiger partial charge in [0.2, 0.25) is 5.91 Å². The Kier molecular flexibility index (Phi) is 5.00. The average Bonchev–Trinajstić information content (AvgIpc) is 3.60. The lowest BCUT2D eigenvalue weighted by atomic mass is 10.2. The number of carbonyl (C=O) groups excluding carboxylic acids is 1. The summed E-state index contributed by atoms with van der Waals surface area (Å²) in [4.78, 5) is 26.1. The molecule has 31 heavy (non-hydrogen) atoms. The molecule has 2 aromatic heterocycles. The first-order valence-corrected chi connectivity index (χ1v) is 11.0. The molecule has 1 saturated heterocycles. The Morgan fingerprint density at radius 1 is 1.06 bits per heavy atom. The summed E-state index contributed by atoms with van der Waals surface area (Å²) in [5, 5.41) is 5.84. The lowest BCUT2D eigenvalue weighted by molar-refractivity contribution is -0.128. The maximum Gasteiger partial charge on any atom is 0.219 e. The summed E-state index contributed by atoms with van der Waals surface area (Å²) < 4.78 is 7.22. The number of methoxy groups -OCH3 is 1. The van der Waals surface area contributed by atoms with E-state index in [0.29, 0.717) is 12.5 Å². The van der Waals surface area contributed by atoms with Gasteiger partial charge >= 0.3 is 0 Å². The zero-order valence-electron chi connectivity index (χ0n) is 18.3. The van der Waals surface area contributed by atoms with Crippen LogP contribution in [0.5, 0.6) is 5.75 Å². The molecule has 3 heterocycles. The van der Waals surface area contributed by atoms with Gasteiger partial charge in [-0.05, 0) is 50.5 Å². The van der Waals surface area contributed by atoms with E-state index in [1.165, 1.54) is 0 Å². The van der Waals surface area contributed by atoms with Crippen molar-refractivity contribution in [2.45, 2.75) is 39.0 Å². The third-order valence-corrected chi connectivity index (χ3v) is 6.20. The van der Waals surface area contributed by atoms with Gasteiger partial charge in [0.05, 0.1) is 23.9 Å². The molecule has 8 heteroatoms. The number of benzene rings is 1. The third kappa shape index (κ3) is 3.71. The second-order valence-electron chi connectivity index (χ2n) is 8.42. The molecular formula is C23H28N6O2. The van der Waals surface area contributed by atoms with E-state index in [1.54, 1.807) is 14.0 Å². The second kappa shape index (κ2) is 7.83. The zero-order valence-corrected chi connectivity index (χ0v) is 18.3. The average molecular weight is 421 g/mol. The van der Waals surface area contributed by atoms with E-state index >= 15 is 0 Å². The van der Waals surface area contributed by atoms with E-state index in [-0.39, 0.29) is 5.91 Å². The normalized spacial score (nSPS) is 17.1. The van der Waals surface area contributed by atoms with E-state index in [4.69, 9.17) is 19.8 Å². The molecule has 5 rings (SSSR count). The quantitative estimate of drug-likeness (QED) is 0.646. The number of fused-ring (bicyclic) bond motifs is 1. The van der Waals surface area contributed by atoms with Crippen molar-refractivity contribution in [3.05, 3.63) is 35.8 Å². The largest absolute Gasteiger partial charge is 0.497 e. The molecule has 0 unspecified atom stereocenters. The van der Waals surface area contributed by atoms with Crippen LogP contribution in [-0.4, -0.2) is 63.8 Å². The van der Waals surface area contributed by atoms with Gasteiger partial charge in [0.1, 0.15) is 17.4 Å². The van der Waals surface area contributed by atoms with Crippen LogP contribution in [0.15, 0.2) is 24.3 Å². The minimum absolute atomic E-state index is 0.136. The van der Waals surface area contributed by atoms with Crippen LogP contribution in [0, 0.1) is 6.92 Å². The molecule has 0 bridgehead atoms. The van der Waals surface area contributed by atoms with Gasteiger partial charge in [-0.15, -0.1) is 0 Å². The highest BCUT2D eigenvalue weighted by molar-refractivity contribution is 5.91. The van der Waals surface area contributed by atoms with Crippen molar-refractivity contribution < 1.29 is 9.53 Å². The molecule has 1 aliphatic carbocycles. The first-order chi connectivity index (χ1) is 15.0. The van der Waals surface area contributed by atoms with Crippen LogP contribution >= 0.6 is 0 Å². The van der Waals surface area contributed by atoms with Crippen molar-refractivity contribution in [2.24, 2.45) is 0 Å². The molecule has 1 amide bonds. The molecule has 8 nitrogen and oxygen atoms in total. The van der Waals surface area contributed by atoms with Crippen molar-refractivity contribution in [3.63, 3.8) is 0 Å². The first kappa shape index (κ1) is 19.8. The summed E-state index contributed by atoms with van der Waals surface area (Å²) >= 11 is 0. The number of ether oxygens (including phenoxy) is 1. The summed E-state index contributed by atoms with van der Waals surface area (Å²) in [6, 6.07) is 7.88. The van der Waals surface area contributed by atoms with E-state index < -0.39 is 0 Å². The van der Waals surface area contributed by atoms with Crippen LogP contribution in [0.4, 0.5) is 5.82 Å². The number of carbonyl (C=O) groups is 1. The van der Waals surface area contributed by atoms with Gasteiger partial charge < -0.3 is 14.5 Å². The Bertz CT molecular complexity index is 1120. The Morgan fingerprint density at radius 2 is 1.84 bits per heavy atom. The summed E-state index contributed by atoms with van der Waals surface area (Å²) in [7, 11) is 1.66. The van der Waals surface area contributed by atoms with Gasteiger partial charge in [0.15, 0.2) is 5.65 Å². The minimum atomic E-state index is 0.136. The lowest BCUT2D eigenvalue weighted by Crippen LogP contribution is -2.34. The van der Waals surface area contributed by atoms with Crippen LogP contribution in [0.2, 0.25) is 0 Å². The molecule has 3 aromatic rings. The molecule has 1 aromatic carbocycles. The third-order valence-electron chi connectivity index (χ3n) is 6.20. The van der Waals surface area contributed by atoms with Crippen molar-refractivity contribution in [3.8, 4) is 11.4 Å². The molecule has 2 aliphatic rings. The van der Waals surface area contributed by atoms with Crippen LogP contribution < -0.4 is 9.64 Å². The van der Waals surface area contributed by atoms with Gasteiger partial charge in [0, 0.05) is 39.0 Å². The summed E-state index contributed by atoms with van der Waals surface area (Å²) in [6.45, 7) is 6.81. The molecule has 0 atom stereocenters. The molecular weight excluding hydrogens is 392 g/mol. The SMILES string of the molecule is COc1ccc(-n2nc(C)c3c(N4CCCN(C(C)=O)CC4)nc(C4CC4)nc32)cc1. The highest BCUT2D eigenvalue weighted by atomic mass is 16.5. The predicted molar refractivity (Wildman–Crippen MR) is 119 cm³/mol. The fourth-order valence-electron chi connectivity index (χ4n) is 4.28. The maximum atomic E-state index is 11.9. The highest BCUT2D eigenvalue weighted by Gasteiger charge is 2.31. The van der Waals surface area contributed by atoms with Crippen molar-refractivity contribution in [1.82, 2.24) is 24.6 Å². The van der Waals surface area contributed by atoms with E-state index in [0.717, 1.165) is 78.7 Å². The number of aromatic nitrogens is 4. The second-order valence-corrected chi connectivity index (χ2v) is 8.42. The first-order valence-electron chi connectivity index (χ1n) is 11.0. The fourth-order valence-corrected chi connectivity index (χ4v) is 4.28. The standard InChI is InChI=1S/C23H28N6O2/c1-15-20-22(28-12-4-11-27(13-14-28)16(2)30)24-21(17-5-6-17)25-23(20)29(26-15)18-7-9-19(31-3)10-8-18/h7-10,17H,4-6,11-14H2,1-3H3. The number of amides is 1. The number of hydrogen-bond donors (Lipinski definition) is 0. The Balaban J connectivity index is 1.61. The highest BCUT2D eigenvalue weighted by Crippen LogP contribution is 2.40. The van der Waals surface area contributed by atoms with Crippen LogP contribution in [-0.2, 0) is 4.79 Å². The van der Waals surface area contributed by atoms with Crippen molar-refractivity contribution >= 4 is 22.8 Å². The molecule has 2 fully saturated rings. The number of hydrogen-bond acceptors (Lipinski definition) is 6. The van der Waals surface area contributed by atoms with Gasteiger partial charge in [-0.25, -0.2) is 14.6 Å². The molecule has 1 aliphatic heterocycles. The number of rotatable bonds is 4. The van der Waals surface area contributed by atoms with Crippen LogP contribution in [0.1, 0.15) is 43.6 Å². The molecule has 0 spiro atoms. The maximum absolute atomic E-state index is 11.9. The summed E-state index contributed by atoms with van der Waals surface area (Å²) in [6.07, 6.45) is 3.20. The molecule has 0 radical (unpaired) electrons. The smallest absolute Gasteiger partial charge is 0.219 e. The van der Waals surface area contributed by atoms with E-state index in [1.807, 2.05) is 40.8 Å². The van der Waals surface area contributed by atoms with Gasteiger partial charge in [-0.2, -0.15) is 5.10 Å². The zero-order chi connectivity index (χ0) is 21.5. The Morgan fingerprint density at radius 3 is 2.52 bits per heavy atom. The van der Waals surface area contributed by atoms with Gasteiger partial charge in [0.25, 0.3) is 0 Å². The van der Waals surface area contributed by atoms with Gasteiger partial charge in [-0.1, -0.05) is 0 Å². The monoisotopic (exact) mass is 420 g/mol. The summed E-state index contributed by atoms with van der Waals surface area (Å²) in [5.74, 6) is 3.24. The van der Waals surface area contributed by atoms with Crippen molar-refractivity contribution in [1.29, 1.82) is 0 Å². The fraction of sp³-hybridized carbons (Fsp3) is 0.478. The number of aryl methyl sites for hydroxylation is 1. The molecule has 162 valence electrons. The van der Waals surface area contributed by atoms with Crippen LogP contribution in [0.25, 0.3) is 16.7 Å². The van der Waals surface area contributed by atoms with Crippen LogP contribution in [0.3, 0.4) is 0 Å². The summed E-state index contributed by atoms with van der Waals surface area (Å²) in [5.41, 5.74) is 2.71.